The molecule has 0 fully saturated rings. The molecule has 0 aromatic heterocycles. The molecule has 0 aliphatic carbocycles. The van der Waals surface area contributed by atoms with Crippen LogP contribution in [-0.2, 0) is 21.4 Å². The smallest absolute Gasteiger partial charge is 0.262 e. The van der Waals surface area contributed by atoms with Gasteiger partial charge in [0.05, 0.1) is 10.6 Å². The molecule has 0 saturated heterocycles. The van der Waals surface area contributed by atoms with Gasteiger partial charge in [-0.1, -0.05) is 12.1 Å². The fraction of sp³-hybridized carbons (Fsp3) is 0.235. The molecule has 1 aliphatic rings. The standard InChI is InChI=1S/C17H19N3O4S/c1-20(2)13-5-3-12(4-6-13)10-18-25(22,23)14-7-8-16-15(9-14)19-17(21)11-24-16/h3-9,18H,10-11H2,1-2H3,(H,19,21). The molecule has 7 nitrogen and oxygen atoms in total. The molecule has 0 unspecified atom stereocenters. The highest BCUT2D eigenvalue weighted by molar-refractivity contribution is 7.89. The molecule has 1 aliphatic heterocycles. The van der Waals surface area contributed by atoms with Crippen molar-refractivity contribution in [1.29, 1.82) is 0 Å². The van der Waals surface area contributed by atoms with Crippen LogP contribution in [0.25, 0.3) is 0 Å². The number of benzene rings is 2. The second kappa shape index (κ2) is 6.73. The second-order valence-electron chi connectivity index (χ2n) is 5.88. The Hall–Kier alpha value is -2.58. The summed E-state index contributed by atoms with van der Waals surface area (Å²) in [7, 11) is 0.178. The van der Waals surface area contributed by atoms with E-state index in [2.05, 4.69) is 10.0 Å². The number of ether oxygens (including phenoxy) is 1. The number of hydrogen-bond acceptors (Lipinski definition) is 5. The Kier molecular flexibility index (Phi) is 4.65. The molecule has 132 valence electrons. The number of fused-ring (bicyclic) bond motifs is 1. The Morgan fingerprint density at radius 3 is 2.56 bits per heavy atom. The minimum absolute atomic E-state index is 0.0692. The first kappa shape index (κ1) is 17.2. The van der Waals surface area contributed by atoms with E-state index in [-0.39, 0.29) is 24.0 Å². The van der Waals surface area contributed by atoms with Gasteiger partial charge in [0.25, 0.3) is 5.91 Å². The third kappa shape index (κ3) is 3.92. The third-order valence-corrected chi connectivity index (χ3v) is 5.21. The van der Waals surface area contributed by atoms with Gasteiger partial charge in [-0.25, -0.2) is 13.1 Å². The summed E-state index contributed by atoms with van der Waals surface area (Å²) in [5.41, 5.74) is 2.25. The minimum Gasteiger partial charge on any atom is -0.482 e. The number of carbonyl (C=O) groups is 1. The largest absolute Gasteiger partial charge is 0.482 e. The van der Waals surface area contributed by atoms with Crippen LogP contribution < -0.4 is 19.7 Å². The Labute approximate surface area is 146 Å². The topological polar surface area (TPSA) is 87.7 Å². The second-order valence-corrected chi connectivity index (χ2v) is 7.65. The Bertz CT molecular complexity index is 893. The van der Waals surface area contributed by atoms with Crippen molar-refractivity contribution in [2.24, 2.45) is 0 Å². The summed E-state index contributed by atoms with van der Waals surface area (Å²) in [5, 5.41) is 2.60. The van der Waals surface area contributed by atoms with Crippen molar-refractivity contribution >= 4 is 27.3 Å². The molecule has 2 aromatic carbocycles. The molecule has 0 bridgehead atoms. The summed E-state index contributed by atoms with van der Waals surface area (Å²) in [6.07, 6.45) is 0. The number of anilines is 2. The van der Waals surface area contributed by atoms with Gasteiger partial charge in [-0.05, 0) is 35.9 Å². The number of carbonyl (C=O) groups excluding carboxylic acids is 1. The van der Waals surface area contributed by atoms with E-state index >= 15 is 0 Å². The van der Waals surface area contributed by atoms with Crippen molar-refractivity contribution in [2.45, 2.75) is 11.4 Å². The zero-order chi connectivity index (χ0) is 18.0. The maximum absolute atomic E-state index is 12.5. The molecule has 0 spiro atoms. The van der Waals surface area contributed by atoms with E-state index in [1.54, 1.807) is 0 Å². The van der Waals surface area contributed by atoms with E-state index in [4.69, 9.17) is 4.74 Å². The first-order valence-corrected chi connectivity index (χ1v) is 9.16. The lowest BCUT2D eigenvalue weighted by Crippen LogP contribution is -2.27. The number of nitrogens with zero attached hydrogens (tertiary/aromatic N) is 1. The number of hydrogen-bond donors (Lipinski definition) is 2. The van der Waals surface area contributed by atoms with Gasteiger partial charge in [0.15, 0.2) is 6.61 Å². The van der Waals surface area contributed by atoms with E-state index in [1.165, 1.54) is 18.2 Å². The zero-order valence-corrected chi connectivity index (χ0v) is 14.8. The summed E-state index contributed by atoms with van der Waals surface area (Å²) < 4.78 is 32.7. The first-order chi connectivity index (χ1) is 11.8. The van der Waals surface area contributed by atoms with Gasteiger partial charge >= 0.3 is 0 Å². The number of amides is 1. The zero-order valence-electron chi connectivity index (χ0n) is 13.9. The molecule has 1 amide bonds. The van der Waals surface area contributed by atoms with E-state index < -0.39 is 10.0 Å². The monoisotopic (exact) mass is 361 g/mol. The van der Waals surface area contributed by atoms with Crippen LogP contribution in [0.2, 0.25) is 0 Å². The van der Waals surface area contributed by atoms with Crippen molar-refractivity contribution in [3.63, 3.8) is 0 Å². The maximum Gasteiger partial charge on any atom is 0.262 e. The van der Waals surface area contributed by atoms with E-state index in [1.807, 2.05) is 43.3 Å². The van der Waals surface area contributed by atoms with Gasteiger partial charge in [0.2, 0.25) is 10.0 Å². The molecule has 1 heterocycles. The van der Waals surface area contributed by atoms with Crippen LogP contribution in [0.15, 0.2) is 47.4 Å². The lowest BCUT2D eigenvalue weighted by atomic mass is 10.2. The summed E-state index contributed by atoms with van der Waals surface area (Å²) in [4.78, 5) is 13.4. The van der Waals surface area contributed by atoms with Crippen molar-refractivity contribution in [1.82, 2.24) is 4.72 Å². The highest BCUT2D eigenvalue weighted by atomic mass is 32.2. The summed E-state index contributed by atoms with van der Waals surface area (Å²) in [5.74, 6) is 0.147. The van der Waals surface area contributed by atoms with Crippen LogP contribution in [0.1, 0.15) is 5.56 Å². The predicted molar refractivity (Wildman–Crippen MR) is 95.4 cm³/mol. The Morgan fingerprint density at radius 2 is 1.88 bits per heavy atom. The van der Waals surface area contributed by atoms with E-state index in [9.17, 15) is 13.2 Å². The number of nitrogens with one attached hydrogen (secondary N) is 2. The van der Waals surface area contributed by atoms with Gasteiger partial charge in [-0.15, -0.1) is 0 Å². The molecule has 3 rings (SSSR count). The first-order valence-electron chi connectivity index (χ1n) is 7.68. The van der Waals surface area contributed by atoms with Gasteiger partial charge in [-0.3, -0.25) is 4.79 Å². The highest BCUT2D eigenvalue weighted by Gasteiger charge is 2.20. The quantitative estimate of drug-likeness (QED) is 0.844. The van der Waals surface area contributed by atoms with Gasteiger partial charge in [-0.2, -0.15) is 0 Å². The normalized spacial score (nSPS) is 13.6. The maximum atomic E-state index is 12.5. The summed E-state index contributed by atoms with van der Waals surface area (Å²) >= 11 is 0. The lowest BCUT2D eigenvalue weighted by Gasteiger charge is -2.18. The molecule has 2 aromatic rings. The van der Waals surface area contributed by atoms with E-state index in [0.29, 0.717) is 11.4 Å². The minimum atomic E-state index is -3.70. The summed E-state index contributed by atoms with van der Waals surface area (Å²) in [6.45, 7) is 0.107. The summed E-state index contributed by atoms with van der Waals surface area (Å²) in [6, 6.07) is 12.0. The molecule has 0 atom stereocenters. The average molecular weight is 361 g/mol. The average Bonchev–Trinajstić information content (AvgIpc) is 2.59. The predicted octanol–water partition coefficient (Wildman–Crippen LogP) is 1.56. The van der Waals surface area contributed by atoms with Crippen LogP contribution >= 0.6 is 0 Å². The molecule has 25 heavy (non-hydrogen) atoms. The van der Waals surface area contributed by atoms with Crippen LogP contribution in [-0.4, -0.2) is 35.0 Å². The highest BCUT2D eigenvalue weighted by Crippen LogP contribution is 2.30. The van der Waals surface area contributed by atoms with Crippen LogP contribution in [0, 0.1) is 0 Å². The van der Waals surface area contributed by atoms with E-state index in [0.717, 1.165) is 11.3 Å². The van der Waals surface area contributed by atoms with Crippen LogP contribution in [0.5, 0.6) is 5.75 Å². The fourth-order valence-corrected chi connectivity index (χ4v) is 3.45. The van der Waals surface area contributed by atoms with Crippen molar-refractivity contribution < 1.29 is 17.9 Å². The molecule has 0 saturated carbocycles. The molecular weight excluding hydrogens is 342 g/mol. The Balaban J connectivity index is 1.73. The van der Waals surface area contributed by atoms with Crippen molar-refractivity contribution in [3.8, 4) is 5.75 Å². The van der Waals surface area contributed by atoms with Gasteiger partial charge in [0, 0.05) is 26.3 Å². The van der Waals surface area contributed by atoms with Crippen molar-refractivity contribution in [3.05, 3.63) is 48.0 Å². The molecule has 0 radical (unpaired) electrons. The fourth-order valence-electron chi connectivity index (χ4n) is 2.40. The van der Waals surface area contributed by atoms with Gasteiger partial charge in [0.1, 0.15) is 5.75 Å². The number of sulfonamides is 1. The molecular formula is C17H19N3O4S. The third-order valence-electron chi connectivity index (χ3n) is 3.81. The van der Waals surface area contributed by atoms with Gasteiger partial charge < -0.3 is 15.0 Å². The SMILES string of the molecule is CN(C)c1ccc(CNS(=O)(=O)c2ccc3c(c2)NC(=O)CO3)cc1. The lowest BCUT2D eigenvalue weighted by molar-refractivity contribution is -0.118. The molecule has 8 heteroatoms. The van der Waals surface area contributed by atoms with Crippen LogP contribution in [0.3, 0.4) is 0 Å². The number of rotatable bonds is 5. The van der Waals surface area contributed by atoms with Crippen LogP contribution in [0.4, 0.5) is 11.4 Å². The van der Waals surface area contributed by atoms with Crippen molar-refractivity contribution in [2.75, 3.05) is 30.9 Å². The molecule has 2 N–H and O–H groups in total. The Morgan fingerprint density at radius 1 is 1.16 bits per heavy atom.